The maximum absolute atomic E-state index is 10.8. The van der Waals surface area contributed by atoms with E-state index in [0.29, 0.717) is 49.3 Å². The van der Waals surface area contributed by atoms with Gasteiger partial charge < -0.3 is 29.5 Å². The van der Waals surface area contributed by atoms with Gasteiger partial charge in [0, 0.05) is 42.9 Å². The lowest BCUT2D eigenvalue weighted by Crippen LogP contribution is -2.38. The molecule has 2 N–H and O–H groups in total. The van der Waals surface area contributed by atoms with Gasteiger partial charge >= 0.3 is 6.16 Å². The fourth-order valence-electron chi connectivity index (χ4n) is 3.92. The molecule has 3 heterocycles. The molecule has 3 aromatic rings. The molecule has 0 saturated carbocycles. The van der Waals surface area contributed by atoms with Crippen molar-refractivity contribution in [1.82, 2.24) is 9.97 Å². The summed E-state index contributed by atoms with van der Waals surface area (Å²) in [6, 6.07) is 11.3. The van der Waals surface area contributed by atoms with Gasteiger partial charge in [-0.3, -0.25) is 0 Å². The van der Waals surface area contributed by atoms with Crippen LogP contribution in [0.2, 0.25) is 5.02 Å². The number of carboxylic acid groups (broad SMARTS) is 1. The highest BCUT2D eigenvalue weighted by molar-refractivity contribution is 6.31. The van der Waals surface area contributed by atoms with E-state index in [0.717, 1.165) is 28.0 Å². The summed E-state index contributed by atoms with van der Waals surface area (Å²) in [5, 5.41) is 13.7. The Morgan fingerprint density at radius 2 is 1.97 bits per heavy atom. The molecule has 0 amide bonds. The molecule has 2 aliphatic rings. The second kappa shape index (κ2) is 8.58. The minimum atomic E-state index is -1.24. The van der Waals surface area contributed by atoms with Crippen LogP contribution in [0.3, 0.4) is 0 Å². The van der Waals surface area contributed by atoms with Crippen LogP contribution in [-0.2, 0) is 11.3 Å². The SMILES string of the molecule is O=C(O)OC1CCN(c2nc(NCc3ccc4c(c3)OCO4)c3cc(Cl)ccc3n2)CC1. The van der Waals surface area contributed by atoms with Gasteiger partial charge in [-0.15, -0.1) is 0 Å². The van der Waals surface area contributed by atoms with E-state index < -0.39 is 6.16 Å². The summed E-state index contributed by atoms with van der Waals surface area (Å²) in [5.74, 6) is 2.73. The summed E-state index contributed by atoms with van der Waals surface area (Å²) < 4.78 is 15.7. The third-order valence-corrected chi connectivity index (χ3v) is 5.77. The minimum Gasteiger partial charge on any atom is -0.454 e. The van der Waals surface area contributed by atoms with Gasteiger partial charge in [-0.05, 0) is 35.9 Å². The van der Waals surface area contributed by atoms with Crippen molar-refractivity contribution in [1.29, 1.82) is 0 Å². The number of rotatable bonds is 5. The number of anilines is 2. The van der Waals surface area contributed by atoms with Crippen LogP contribution in [0.4, 0.5) is 16.6 Å². The summed E-state index contributed by atoms with van der Waals surface area (Å²) >= 11 is 6.23. The normalized spacial score (nSPS) is 15.7. The van der Waals surface area contributed by atoms with Crippen molar-refractivity contribution in [3.8, 4) is 11.5 Å². The Bertz CT molecular complexity index is 1170. The van der Waals surface area contributed by atoms with Gasteiger partial charge in [0.05, 0.1) is 5.52 Å². The van der Waals surface area contributed by atoms with E-state index in [1.165, 1.54) is 0 Å². The first-order chi connectivity index (χ1) is 15.5. The van der Waals surface area contributed by atoms with Crippen LogP contribution in [0.15, 0.2) is 36.4 Å². The molecule has 1 fully saturated rings. The first-order valence-electron chi connectivity index (χ1n) is 10.3. The van der Waals surface area contributed by atoms with E-state index >= 15 is 0 Å². The smallest absolute Gasteiger partial charge is 0.454 e. The predicted molar refractivity (Wildman–Crippen MR) is 119 cm³/mol. The number of nitrogens with one attached hydrogen (secondary N) is 1. The van der Waals surface area contributed by atoms with Crippen molar-refractivity contribution in [2.75, 3.05) is 30.1 Å². The predicted octanol–water partition coefficient (Wildman–Crippen LogP) is 4.29. The van der Waals surface area contributed by atoms with E-state index in [1.54, 1.807) is 6.07 Å². The van der Waals surface area contributed by atoms with Gasteiger partial charge in [0.25, 0.3) is 0 Å². The molecular formula is C22H21ClN4O5. The lowest BCUT2D eigenvalue weighted by molar-refractivity contribution is 0.0415. The molecule has 9 nitrogen and oxygen atoms in total. The molecule has 166 valence electrons. The van der Waals surface area contributed by atoms with Gasteiger partial charge in [-0.25, -0.2) is 9.78 Å². The van der Waals surface area contributed by atoms with Crippen LogP contribution in [0.25, 0.3) is 10.9 Å². The van der Waals surface area contributed by atoms with Crippen molar-refractivity contribution < 1.29 is 24.1 Å². The van der Waals surface area contributed by atoms with Crippen LogP contribution in [0.1, 0.15) is 18.4 Å². The third kappa shape index (κ3) is 4.29. The summed E-state index contributed by atoms with van der Waals surface area (Å²) in [4.78, 5) is 22.3. The summed E-state index contributed by atoms with van der Waals surface area (Å²) in [5.41, 5.74) is 1.80. The number of nitrogens with zero attached hydrogens (tertiary/aromatic N) is 3. The lowest BCUT2D eigenvalue weighted by atomic mass is 10.1. The summed E-state index contributed by atoms with van der Waals surface area (Å²) in [6.07, 6.45) is -0.355. The highest BCUT2D eigenvalue weighted by atomic mass is 35.5. The van der Waals surface area contributed by atoms with Crippen molar-refractivity contribution in [2.45, 2.75) is 25.5 Å². The van der Waals surface area contributed by atoms with Crippen molar-refractivity contribution in [3.05, 3.63) is 47.0 Å². The second-order valence-corrected chi connectivity index (χ2v) is 8.08. The molecular weight excluding hydrogens is 436 g/mol. The van der Waals surface area contributed by atoms with E-state index in [4.69, 9.17) is 40.9 Å². The number of aromatic nitrogens is 2. The van der Waals surface area contributed by atoms with E-state index in [9.17, 15) is 4.79 Å². The molecule has 5 rings (SSSR count). The van der Waals surface area contributed by atoms with Crippen LogP contribution in [-0.4, -0.2) is 47.2 Å². The number of halogens is 1. The standard InChI is InChI=1S/C22H21ClN4O5/c23-14-2-3-17-16(10-14)20(24-11-13-1-4-18-19(9-13)31-12-30-18)26-21(25-17)27-7-5-15(6-8-27)32-22(28)29/h1-4,9-10,15H,5-8,11-12H2,(H,28,29)(H,24,25,26). The fourth-order valence-corrected chi connectivity index (χ4v) is 4.09. The molecule has 2 aliphatic heterocycles. The van der Waals surface area contributed by atoms with Crippen LogP contribution in [0, 0.1) is 0 Å². The van der Waals surface area contributed by atoms with Crippen molar-refractivity contribution in [3.63, 3.8) is 0 Å². The van der Waals surface area contributed by atoms with Gasteiger partial charge in [-0.1, -0.05) is 17.7 Å². The maximum atomic E-state index is 10.8. The average molecular weight is 457 g/mol. The second-order valence-electron chi connectivity index (χ2n) is 7.65. The number of benzene rings is 2. The number of hydrogen-bond donors (Lipinski definition) is 2. The Morgan fingerprint density at radius 3 is 2.78 bits per heavy atom. The Hall–Kier alpha value is -3.46. The molecule has 0 bridgehead atoms. The Morgan fingerprint density at radius 1 is 1.16 bits per heavy atom. The van der Waals surface area contributed by atoms with Gasteiger partial charge in [-0.2, -0.15) is 4.98 Å². The van der Waals surface area contributed by atoms with E-state index in [2.05, 4.69) is 5.32 Å². The highest BCUT2D eigenvalue weighted by Gasteiger charge is 2.24. The first-order valence-corrected chi connectivity index (χ1v) is 10.7. The molecule has 1 saturated heterocycles. The molecule has 0 aliphatic carbocycles. The number of carbonyl (C=O) groups is 1. The number of ether oxygens (including phenoxy) is 3. The fraction of sp³-hybridized carbons (Fsp3) is 0.318. The maximum Gasteiger partial charge on any atom is 0.506 e. The Balaban J connectivity index is 1.38. The molecule has 2 aromatic carbocycles. The monoisotopic (exact) mass is 456 g/mol. The number of piperidine rings is 1. The van der Waals surface area contributed by atoms with Crippen LogP contribution >= 0.6 is 11.6 Å². The molecule has 0 unspecified atom stereocenters. The average Bonchev–Trinajstić information content (AvgIpc) is 3.25. The number of fused-ring (bicyclic) bond motifs is 2. The Labute approximate surface area is 188 Å². The third-order valence-electron chi connectivity index (χ3n) is 5.54. The zero-order chi connectivity index (χ0) is 22.1. The first kappa shape index (κ1) is 20.4. The summed E-state index contributed by atoms with van der Waals surface area (Å²) in [7, 11) is 0. The molecule has 0 spiro atoms. The van der Waals surface area contributed by atoms with Gasteiger partial charge in [0.2, 0.25) is 12.7 Å². The topological polar surface area (TPSA) is 106 Å². The largest absolute Gasteiger partial charge is 0.506 e. The van der Waals surface area contributed by atoms with Crippen molar-refractivity contribution >= 4 is 40.4 Å². The van der Waals surface area contributed by atoms with Gasteiger partial charge in [0.15, 0.2) is 11.5 Å². The molecule has 10 heteroatoms. The van der Waals surface area contributed by atoms with E-state index in [1.807, 2.05) is 35.2 Å². The zero-order valence-electron chi connectivity index (χ0n) is 17.1. The van der Waals surface area contributed by atoms with Crippen molar-refractivity contribution in [2.24, 2.45) is 0 Å². The van der Waals surface area contributed by atoms with E-state index in [-0.39, 0.29) is 12.9 Å². The summed E-state index contributed by atoms with van der Waals surface area (Å²) in [6.45, 7) is 1.99. The molecule has 1 aromatic heterocycles. The molecule has 32 heavy (non-hydrogen) atoms. The quantitative estimate of drug-likeness (QED) is 0.544. The highest BCUT2D eigenvalue weighted by Crippen LogP contribution is 2.33. The minimum absolute atomic E-state index is 0.235. The van der Waals surface area contributed by atoms with Crippen LogP contribution in [0.5, 0.6) is 11.5 Å². The lowest BCUT2D eigenvalue weighted by Gasteiger charge is -2.31. The van der Waals surface area contributed by atoms with Crippen LogP contribution < -0.4 is 19.7 Å². The Kier molecular flexibility index (Phi) is 5.48. The molecule has 0 atom stereocenters. The van der Waals surface area contributed by atoms with Gasteiger partial charge in [0.1, 0.15) is 11.9 Å². The molecule has 0 radical (unpaired) electrons. The zero-order valence-corrected chi connectivity index (χ0v) is 17.8. The number of hydrogen-bond acceptors (Lipinski definition) is 8.